The van der Waals surface area contributed by atoms with Crippen molar-refractivity contribution in [3.8, 4) is 0 Å². The van der Waals surface area contributed by atoms with E-state index in [1.165, 1.54) is 5.56 Å². The Morgan fingerprint density at radius 3 is 2.94 bits per heavy atom. The van der Waals surface area contributed by atoms with E-state index in [0.29, 0.717) is 6.04 Å². The van der Waals surface area contributed by atoms with Gasteiger partial charge in [0.05, 0.1) is 5.69 Å². The summed E-state index contributed by atoms with van der Waals surface area (Å²) in [6, 6.07) is 10.3. The molecule has 1 aromatic heterocycles. The van der Waals surface area contributed by atoms with Gasteiger partial charge in [0.25, 0.3) is 0 Å². The van der Waals surface area contributed by atoms with Crippen LogP contribution in [0.15, 0.2) is 42.9 Å². The molecule has 0 aliphatic rings. The number of nitrogens with zero attached hydrogens (tertiary/aromatic N) is 2. The van der Waals surface area contributed by atoms with Crippen LogP contribution in [0.1, 0.15) is 18.2 Å². The lowest BCUT2D eigenvalue weighted by Gasteiger charge is -2.13. The zero-order chi connectivity index (χ0) is 12.8. The van der Waals surface area contributed by atoms with Gasteiger partial charge in [-0.25, -0.2) is 9.97 Å². The largest absolute Gasteiger partial charge is 0.308 e. The summed E-state index contributed by atoms with van der Waals surface area (Å²) in [5, 5.41) is 4.22. The monoisotopic (exact) mass is 261 g/mol. The van der Waals surface area contributed by atoms with Crippen LogP contribution in [0.25, 0.3) is 0 Å². The first kappa shape index (κ1) is 13.0. The molecule has 2 rings (SSSR count). The third-order valence-corrected chi connectivity index (χ3v) is 2.94. The Morgan fingerprint density at radius 2 is 2.22 bits per heavy atom. The number of aromatic nitrogens is 2. The Balaban J connectivity index is 1.84. The molecule has 3 nitrogen and oxygen atoms in total. The normalized spacial score (nSPS) is 12.3. The molecular weight excluding hydrogens is 246 g/mol. The second kappa shape index (κ2) is 6.47. The Morgan fingerprint density at radius 1 is 1.33 bits per heavy atom. The van der Waals surface area contributed by atoms with E-state index in [1.807, 2.05) is 24.3 Å². The topological polar surface area (TPSA) is 37.8 Å². The van der Waals surface area contributed by atoms with Crippen LogP contribution in [-0.4, -0.2) is 16.0 Å². The molecule has 1 atom stereocenters. The first-order valence-corrected chi connectivity index (χ1v) is 6.34. The highest BCUT2D eigenvalue weighted by Crippen LogP contribution is 2.12. The fraction of sp³-hybridized carbons (Fsp3) is 0.286. The molecule has 0 spiro atoms. The molecule has 0 aliphatic heterocycles. The highest BCUT2D eigenvalue weighted by molar-refractivity contribution is 6.30. The SMILES string of the molecule is CC(Cc1cccc(Cl)c1)NCc1ccncn1. The van der Waals surface area contributed by atoms with Gasteiger partial charge in [-0.2, -0.15) is 0 Å². The number of benzene rings is 1. The zero-order valence-corrected chi connectivity index (χ0v) is 11.1. The van der Waals surface area contributed by atoms with E-state index in [9.17, 15) is 0 Å². The van der Waals surface area contributed by atoms with Crippen molar-refractivity contribution in [2.24, 2.45) is 0 Å². The third kappa shape index (κ3) is 4.09. The molecular formula is C14H16ClN3. The van der Waals surface area contributed by atoms with Gasteiger partial charge >= 0.3 is 0 Å². The molecule has 0 saturated carbocycles. The van der Waals surface area contributed by atoms with E-state index in [-0.39, 0.29) is 0 Å². The van der Waals surface area contributed by atoms with Crippen LogP contribution in [0.3, 0.4) is 0 Å². The summed E-state index contributed by atoms with van der Waals surface area (Å²) in [7, 11) is 0. The first-order chi connectivity index (χ1) is 8.74. The molecule has 94 valence electrons. The lowest BCUT2D eigenvalue weighted by Crippen LogP contribution is -2.27. The van der Waals surface area contributed by atoms with Crippen LogP contribution in [0.2, 0.25) is 5.02 Å². The summed E-state index contributed by atoms with van der Waals surface area (Å²) in [5.74, 6) is 0. The van der Waals surface area contributed by atoms with Crippen molar-refractivity contribution in [3.05, 3.63) is 59.1 Å². The number of hydrogen-bond donors (Lipinski definition) is 1. The van der Waals surface area contributed by atoms with Crippen molar-refractivity contribution in [1.29, 1.82) is 0 Å². The van der Waals surface area contributed by atoms with Crippen LogP contribution >= 0.6 is 11.6 Å². The van der Waals surface area contributed by atoms with Gasteiger partial charge in [-0.05, 0) is 37.1 Å². The van der Waals surface area contributed by atoms with Crippen LogP contribution in [-0.2, 0) is 13.0 Å². The van der Waals surface area contributed by atoms with Gasteiger partial charge in [0.1, 0.15) is 6.33 Å². The molecule has 18 heavy (non-hydrogen) atoms. The minimum Gasteiger partial charge on any atom is -0.308 e. The molecule has 0 fully saturated rings. The van der Waals surface area contributed by atoms with E-state index in [4.69, 9.17) is 11.6 Å². The number of rotatable bonds is 5. The Bertz CT molecular complexity index is 487. The van der Waals surface area contributed by atoms with Crippen LogP contribution in [0, 0.1) is 0 Å². The molecule has 0 radical (unpaired) electrons. The maximum absolute atomic E-state index is 5.96. The maximum Gasteiger partial charge on any atom is 0.115 e. The second-order valence-corrected chi connectivity index (χ2v) is 4.75. The molecule has 0 aliphatic carbocycles. The Kier molecular flexibility index (Phi) is 4.67. The van der Waals surface area contributed by atoms with Crippen molar-refractivity contribution in [3.63, 3.8) is 0 Å². The summed E-state index contributed by atoms with van der Waals surface area (Å²) in [4.78, 5) is 8.07. The molecule has 1 aromatic carbocycles. The first-order valence-electron chi connectivity index (χ1n) is 5.97. The lowest BCUT2D eigenvalue weighted by atomic mass is 10.1. The van der Waals surface area contributed by atoms with Crippen molar-refractivity contribution in [2.75, 3.05) is 0 Å². The smallest absolute Gasteiger partial charge is 0.115 e. The van der Waals surface area contributed by atoms with E-state index in [2.05, 4.69) is 28.3 Å². The van der Waals surface area contributed by atoms with Crippen molar-refractivity contribution < 1.29 is 0 Å². The van der Waals surface area contributed by atoms with E-state index < -0.39 is 0 Å². The number of nitrogens with one attached hydrogen (secondary N) is 1. The standard InChI is InChI=1S/C14H16ClN3/c1-11(7-12-3-2-4-13(15)8-12)17-9-14-5-6-16-10-18-14/h2-6,8,10-11,17H,7,9H2,1H3. The summed E-state index contributed by atoms with van der Waals surface area (Å²) >= 11 is 5.96. The summed E-state index contributed by atoms with van der Waals surface area (Å²) in [5.41, 5.74) is 2.24. The Hall–Kier alpha value is -1.45. The predicted molar refractivity (Wildman–Crippen MR) is 73.5 cm³/mol. The maximum atomic E-state index is 5.96. The third-order valence-electron chi connectivity index (χ3n) is 2.71. The minimum absolute atomic E-state index is 0.374. The van der Waals surface area contributed by atoms with Crippen molar-refractivity contribution in [1.82, 2.24) is 15.3 Å². The molecule has 0 bridgehead atoms. The van der Waals surface area contributed by atoms with Crippen molar-refractivity contribution in [2.45, 2.75) is 25.9 Å². The van der Waals surface area contributed by atoms with Gasteiger partial charge in [-0.3, -0.25) is 0 Å². The van der Waals surface area contributed by atoms with Crippen LogP contribution in [0.5, 0.6) is 0 Å². The van der Waals surface area contributed by atoms with Gasteiger partial charge in [0.15, 0.2) is 0 Å². The fourth-order valence-electron chi connectivity index (χ4n) is 1.79. The fourth-order valence-corrected chi connectivity index (χ4v) is 2.00. The molecule has 0 amide bonds. The molecule has 1 unspecified atom stereocenters. The van der Waals surface area contributed by atoms with Gasteiger partial charge < -0.3 is 5.32 Å². The lowest BCUT2D eigenvalue weighted by molar-refractivity contribution is 0.539. The average molecular weight is 262 g/mol. The summed E-state index contributed by atoms with van der Waals surface area (Å²) in [6.45, 7) is 2.91. The van der Waals surface area contributed by atoms with Gasteiger partial charge in [-0.15, -0.1) is 0 Å². The molecule has 4 heteroatoms. The minimum atomic E-state index is 0.374. The summed E-state index contributed by atoms with van der Waals surface area (Å²) < 4.78 is 0. The number of hydrogen-bond acceptors (Lipinski definition) is 3. The average Bonchev–Trinajstić information content (AvgIpc) is 2.38. The Labute approximate surface area is 112 Å². The predicted octanol–water partition coefficient (Wildman–Crippen LogP) is 2.85. The zero-order valence-electron chi connectivity index (χ0n) is 10.3. The van der Waals surface area contributed by atoms with Crippen LogP contribution < -0.4 is 5.32 Å². The molecule has 1 N–H and O–H groups in total. The second-order valence-electron chi connectivity index (χ2n) is 4.32. The van der Waals surface area contributed by atoms with E-state index in [0.717, 1.165) is 23.7 Å². The van der Waals surface area contributed by atoms with Gasteiger partial charge in [0.2, 0.25) is 0 Å². The molecule has 2 aromatic rings. The van der Waals surface area contributed by atoms with E-state index >= 15 is 0 Å². The quantitative estimate of drug-likeness (QED) is 0.899. The van der Waals surface area contributed by atoms with Crippen LogP contribution in [0.4, 0.5) is 0 Å². The molecule has 1 heterocycles. The van der Waals surface area contributed by atoms with Gasteiger partial charge in [-0.1, -0.05) is 23.7 Å². The molecule has 0 saturated heterocycles. The summed E-state index contributed by atoms with van der Waals surface area (Å²) in [6.07, 6.45) is 4.27. The van der Waals surface area contributed by atoms with E-state index in [1.54, 1.807) is 12.5 Å². The number of halogens is 1. The highest BCUT2D eigenvalue weighted by atomic mass is 35.5. The van der Waals surface area contributed by atoms with Crippen molar-refractivity contribution >= 4 is 11.6 Å². The highest BCUT2D eigenvalue weighted by Gasteiger charge is 2.04. The van der Waals surface area contributed by atoms with Gasteiger partial charge in [0, 0.05) is 23.8 Å².